The van der Waals surface area contributed by atoms with E-state index in [-0.39, 0.29) is 31.1 Å². The van der Waals surface area contributed by atoms with Crippen LogP contribution in [-0.4, -0.2) is 37.2 Å². The Kier molecular flexibility index (Phi) is 47.3. The lowest BCUT2D eigenvalue weighted by molar-refractivity contribution is -0.167. The molecule has 0 bridgehead atoms. The predicted octanol–water partition coefficient (Wildman–Crippen LogP) is 17.0. The van der Waals surface area contributed by atoms with Crippen molar-refractivity contribution in [1.82, 2.24) is 0 Å². The molecule has 0 heterocycles. The highest BCUT2D eigenvalue weighted by Gasteiger charge is 2.19. The van der Waals surface area contributed by atoms with E-state index in [1.54, 1.807) is 0 Å². The molecule has 0 unspecified atom stereocenters. The van der Waals surface area contributed by atoms with Gasteiger partial charge in [0.25, 0.3) is 0 Å². The topological polar surface area (TPSA) is 78.9 Å². The molecule has 6 heteroatoms. The molecule has 348 valence electrons. The molecule has 0 amide bonds. The Balaban J connectivity index is 4.30. The summed E-state index contributed by atoms with van der Waals surface area (Å²) < 4.78 is 16.8. The highest BCUT2D eigenvalue weighted by molar-refractivity contribution is 5.71. The molecule has 6 nitrogen and oxygen atoms in total. The summed E-state index contributed by atoms with van der Waals surface area (Å²) in [6, 6.07) is 0. The number of esters is 3. The van der Waals surface area contributed by atoms with Crippen molar-refractivity contribution in [3.63, 3.8) is 0 Å². The van der Waals surface area contributed by atoms with Gasteiger partial charge < -0.3 is 14.2 Å². The number of hydrogen-bond acceptors (Lipinski definition) is 6. The van der Waals surface area contributed by atoms with E-state index in [9.17, 15) is 14.4 Å². The highest BCUT2D eigenvalue weighted by Crippen LogP contribution is 2.16. The molecule has 0 aromatic heterocycles. The Hall–Kier alpha value is -1.85. The van der Waals surface area contributed by atoms with E-state index in [4.69, 9.17) is 14.2 Å². The van der Waals surface area contributed by atoms with E-state index in [0.717, 1.165) is 57.8 Å². The Labute approximate surface area is 367 Å². The Bertz CT molecular complexity index is 916. The molecule has 0 spiro atoms. The summed E-state index contributed by atoms with van der Waals surface area (Å²) in [6.07, 6.45) is 53.3. The standard InChI is InChI=1S/C53H100O6/c1-4-7-10-13-16-19-22-24-26-28-31-33-36-39-42-45-51(54)57-48-50(59-53(56)47-44-41-38-35-30-21-18-15-12-9-6-3)49-58-52(55)46-43-40-37-34-32-29-27-25-23-20-17-14-11-8-5-2/h19,22,50H,4-18,20-21,23-49H2,1-3H3/t50-/m0/s1. The SMILES string of the molecule is CCCCCCC=CCCCCCCCCCC(=O)OC[C@@H](COC(=O)CCCCCCCCCCCCCCCCC)OC(=O)CCCCCCCCCCCCC. The highest BCUT2D eigenvalue weighted by atomic mass is 16.6. The number of rotatable bonds is 48. The first-order chi connectivity index (χ1) is 29.0. The van der Waals surface area contributed by atoms with Gasteiger partial charge in [-0.1, -0.05) is 238 Å². The molecule has 0 aliphatic carbocycles. The zero-order chi connectivity index (χ0) is 43.0. The molecular formula is C53H100O6. The molecule has 59 heavy (non-hydrogen) atoms. The fourth-order valence-electron chi connectivity index (χ4n) is 7.79. The zero-order valence-corrected chi connectivity index (χ0v) is 39.8. The summed E-state index contributed by atoms with van der Waals surface area (Å²) in [6.45, 7) is 6.65. The second kappa shape index (κ2) is 48.8. The minimum Gasteiger partial charge on any atom is -0.462 e. The molecule has 0 N–H and O–H groups in total. The average molecular weight is 833 g/mol. The zero-order valence-electron chi connectivity index (χ0n) is 39.8. The van der Waals surface area contributed by atoms with Crippen LogP contribution in [0.2, 0.25) is 0 Å². The lowest BCUT2D eigenvalue weighted by Crippen LogP contribution is -2.30. The first-order valence-corrected chi connectivity index (χ1v) is 26.2. The van der Waals surface area contributed by atoms with E-state index < -0.39 is 6.10 Å². The van der Waals surface area contributed by atoms with Crippen molar-refractivity contribution in [3.05, 3.63) is 12.2 Å². The predicted molar refractivity (Wildman–Crippen MR) is 252 cm³/mol. The van der Waals surface area contributed by atoms with E-state index >= 15 is 0 Å². The quantitative estimate of drug-likeness (QED) is 0.0263. The van der Waals surface area contributed by atoms with Gasteiger partial charge in [0, 0.05) is 19.3 Å². The van der Waals surface area contributed by atoms with Crippen molar-refractivity contribution in [3.8, 4) is 0 Å². The van der Waals surface area contributed by atoms with Crippen molar-refractivity contribution in [2.24, 2.45) is 0 Å². The van der Waals surface area contributed by atoms with Gasteiger partial charge in [-0.3, -0.25) is 14.4 Å². The number of unbranched alkanes of at least 4 members (excludes halogenated alkanes) is 35. The minimum absolute atomic E-state index is 0.0659. The van der Waals surface area contributed by atoms with E-state index in [0.29, 0.717) is 19.3 Å². The number of allylic oxidation sites excluding steroid dienone is 2. The van der Waals surface area contributed by atoms with Crippen LogP contribution in [-0.2, 0) is 28.6 Å². The van der Waals surface area contributed by atoms with Gasteiger partial charge in [-0.2, -0.15) is 0 Å². The molecule has 0 radical (unpaired) electrons. The van der Waals surface area contributed by atoms with E-state index in [1.807, 2.05) is 0 Å². The van der Waals surface area contributed by atoms with Gasteiger partial charge in [0.05, 0.1) is 0 Å². The number of ether oxygens (including phenoxy) is 3. The van der Waals surface area contributed by atoms with E-state index in [2.05, 4.69) is 32.9 Å². The number of carbonyl (C=O) groups is 3. The maximum absolute atomic E-state index is 12.8. The van der Waals surface area contributed by atoms with Crippen molar-refractivity contribution >= 4 is 17.9 Å². The summed E-state index contributed by atoms with van der Waals surface area (Å²) in [5, 5.41) is 0. The second-order valence-corrected chi connectivity index (χ2v) is 17.8. The van der Waals surface area contributed by atoms with E-state index in [1.165, 1.54) is 193 Å². The van der Waals surface area contributed by atoms with Gasteiger partial charge in [-0.25, -0.2) is 0 Å². The molecule has 0 aromatic rings. The molecule has 0 aliphatic heterocycles. The largest absolute Gasteiger partial charge is 0.462 e. The van der Waals surface area contributed by atoms with Crippen molar-refractivity contribution < 1.29 is 28.6 Å². The van der Waals surface area contributed by atoms with Crippen LogP contribution in [0.3, 0.4) is 0 Å². The number of hydrogen-bond donors (Lipinski definition) is 0. The summed E-state index contributed by atoms with van der Waals surface area (Å²) in [5.41, 5.74) is 0. The smallest absolute Gasteiger partial charge is 0.306 e. The monoisotopic (exact) mass is 833 g/mol. The van der Waals surface area contributed by atoms with Gasteiger partial charge in [0.15, 0.2) is 6.10 Å². The molecule has 1 atom stereocenters. The Morgan fingerprint density at radius 3 is 0.864 bits per heavy atom. The summed E-state index contributed by atoms with van der Waals surface area (Å²) in [4.78, 5) is 37.9. The summed E-state index contributed by atoms with van der Waals surface area (Å²) >= 11 is 0. The van der Waals surface area contributed by atoms with Gasteiger partial charge in [-0.15, -0.1) is 0 Å². The summed E-state index contributed by atoms with van der Waals surface area (Å²) in [7, 11) is 0. The molecule has 0 aliphatic rings. The molecule has 0 saturated heterocycles. The van der Waals surface area contributed by atoms with Gasteiger partial charge in [0.2, 0.25) is 0 Å². The molecular weight excluding hydrogens is 733 g/mol. The molecule has 0 rings (SSSR count). The molecule has 0 fully saturated rings. The number of carbonyl (C=O) groups excluding carboxylic acids is 3. The van der Waals surface area contributed by atoms with Crippen LogP contribution in [0.4, 0.5) is 0 Å². The van der Waals surface area contributed by atoms with Gasteiger partial charge >= 0.3 is 17.9 Å². The maximum Gasteiger partial charge on any atom is 0.306 e. The third-order valence-electron chi connectivity index (χ3n) is 11.8. The van der Waals surface area contributed by atoms with Crippen LogP contribution in [0.25, 0.3) is 0 Å². The third-order valence-corrected chi connectivity index (χ3v) is 11.8. The average Bonchev–Trinajstić information content (AvgIpc) is 3.23. The molecule has 0 saturated carbocycles. The fourth-order valence-corrected chi connectivity index (χ4v) is 7.79. The van der Waals surface area contributed by atoms with Gasteiger partial charge in [-0.05, 0) is 44.9 Å². The van der Waals surface area contributed by atoms with Crippen molar-refractivity contribution in [2.75, 3.05) is 13.2 Å². The Morgan fingerprint density at radius 2 is 0.559 bits per heavy atom. The van der Waals surface area contributed by atoms with Crippen LogP contribution in [0.15, 0.2) is 12.2 Å². The fraction of sp³-hybridized carbons (Fsp3) is 0.906. The Morgan fingerprint density at radius 1 is 0.322 bits per heavy atom. The normalized spacial score (nSPS) is 12.0. The van der Waals surface area contributed by atoms with Crippen LogP contribution >= 0.6 is 0 Å². The first-order valence-electron chi connectivity index (χ1n) is 26.2. The van der Waals surface area contributed by atoms with Crippen LogP contribution in [0.1, 0.15) is 290 Å². The summed E-state index contributed by atoms with van der Waals surface area (Å²) in [5.74, 6) is -0.854. The lowest BCUT2D eigenvalue weighted by Gasteiger charge is -2.18. The molecule has 0 aromatic carbocycles. The van der Waals surface area contributed by atoms with Crippen LogP contribution in [0.5, 0.6) is 0 Å². The third kappa shape index (κ3) is 47.1. The van der Waals surface area contributed by atoms with Crippen molar-refractivity contribution in [1.29, 1.82) is 0 Å². The lowest BCUT2D eigenvalue weighted by atomic mass is 10.0. The second-order valence-electron chi connectivity index (χ2n) is 17.8. The van der Waals surface area contributed by atoms with Crippen molar-refractivity contribution in [2.45, 2.75) is 297 Å². The minimum atomic E-state index is -0.764. The maximum atomic E-state index is 12.8. The van der Waals surface area contributed by atoms with Crippen LogP contribution < -0.4 is 0 Å². The van der Waals surface area contributed by atoms with Crippen LogP contribution in [0, 0.1) is 0 Å². The first kappa shape index (κ1) is 57.1. The van der Waals surface area contributed by atoms with Gasteiger partial charge in [0.1, 0.15) is 13.2 Å².